The Kier molecular flexibility index (Phi) is 13300. The number of hydrogen-bond acceptors (Lipinski definition) is 4. The van der Waals surface area contributed by atoms with Crippen LogP contribution < -0.4 is 0 Å². The smallest absolute Gasteiger partial charge is 0.870 e. The molecule has 0 saturated heterocycles. The van der Waals surface area contributed by atoms with Crippen LogP contribution in [0, 0.1) is 0 Å². The standard InChI is InChI=1S/Ca.6H2O/h;6*1H2/q+2;;;;;;/p-4. The second-order valence-corrected chi connectivity index (χ2v) is 0. The zero-order valence-electron chi connectivity index (χ0n) is 3.50. The van der Waals surface area contributed by atoms with Crippen LogP contribution in [0.15, 0.2) is 0 Å². The van der Waals surface area contributed by atoms with Crippen molar-refractivity contribution in [3.8, 4) is 0 Å². The van der Waals surface area contributed by atoms with Gasteiger partial charge in [0.15, 0.2) is 0 Å². The molecule has 48 valence electrons. The molecule has 0 fully saturated rings. The van der Waals surface area contributed by atoms with Gasteiger partial charge in [-0.15, -0.1) is 0 Å². The molecule has 0 spiro atoms. The van der Waals surface area contributed by atoms with Crippen LogP contribution in [0.25, 0.3) is 0 Å². The van der Waals surface area contributed by atoms with E-state index >= 15 is 0 Å². The summed E-state index contributed by atoms with van der Waals surface area (Å²) >= 11 is 0. The maximum atomic E-state index is 0. The van der Waals surface area contributed by atoms with E-state index in [1.807, 2.05) is 0 Å². The first-order valence-electron chi connectivity index (χ1n) is 0. The van der Waals surface area contributed by atoms with Gasteiger partial charge in [-0.3, -0.25) is 0 Å². The second-order valence-electron chi connectivity index (χ2n) is 0. The SMILES string of the molecule is O.O.[Ca+2].[OH-].[OH-].[OH-].[OH-]. The Morgan fingerprint density at radius 1 is 0.429 bits per heavy atom. The summed E-state index contributed by atoms with van der Waals surface area (Å²) in [6.45, 7) is 0. The molecule has 0 aliphatic carbocycles. The van der Waals surface area contributed by atoms with E-state index in [1.54, 1.807) is 0 Å². The largest absolute Gasteiger partial charge is 2.00 e. The molecular weight excluding hydrogens is 136 g/mol. The third-order valence-corrected chi connectivity index (χ3v) is 0. The second kappa shape index (κ2) is 245. The van der Waals surface area contributed by atoms with Gasteiger partial charge in [0, 0.05) is 0 Å². The van der Waals surface area contributed by atoms with Crippen molar-refractivity contribution in [1.29, 1.82) is 0 Å². The maximum Gasteiger partial charge on any atom is 2.00 e. The van der Waals surface area contributed by atoms with Crippen LogP contribution in [-0.2, 0) is 0 Å². The fourth-order valence-corrected chi connectivity index (χ4v) is 0. The molecule has 0 amide bonds. The zero-order valence-corrected chi connectivity index (χ0v) is 5.70. The fraction of sp³-hybridized carbons (Fsp3) is 0. The van der Waals surface area contributed by atoms with Crippen molar-refractivity contribution in [1.82, 2.24) is 0 Å². The van der Waals surface area contributed by atoms with Gasteiger partial charge in [-0.05, 0) is 0 Å². The molecule has 0 radical (unpaired) electrons. The van der Waals surface area contributed by atoms with Crippen molar-refractivity contribution in [3.05, 3.63) is 0 Å². The molecule has 0 saturated carbocycles. The van der Waals surface area contributed by atoms with Crippen LogP contribution in [0.3, 0.4) is 0 Å². The van der Waals surface area contributed by atoms with Crippen molar-refractivity contribution >= 4 is 37.7 Å². The van der Waals surface area contributed by atoms with Crippen molar-refractivity contribution in [2.75, 3.05) is 0 Å². The molecule has 0 heterocycles. The Morgan fingerprint density at radius 2 is 0.429 bits per heavy atom. The average Bonchev–Trinajstić information content (AvgIpc) is 0. The predicted molar refractivity (Wildman–Crippen MR) is 20.7 cm³/mol. The monoisotopic (exact) mass is 144 g/mol. The summed E-state index contributed by atoms with van der Waals surface area (Å²) < 4.78 is 0. The molecule has 0 aliphatic heterocycles. The minimum Gasteiger partial charge on any atom is -0.870 e. The van der Waals surface area contributed by atoms with E-state index in [0.29, 0.717) is 0 Å². The average molecular weight is 144 g/mol. The van der Waals surface area contributed by atoms with E-state index in [-0.39, 0.29) is 70.6 Å². The summed E-state index contributed by atoms with van der Waals surface area (Å²) in [4.78, 5) is 0. The molecule has 0 unspecified atom stereocenters. The quantitative estimate of drug-likeness (QED) is 0.334. The Bertz CT molecular complexity index is 4.14. The molecule has 0 rings (SSSR count). The fourth-order valence-electron chi connectivity index (χ4n) is 0. The minimum absolute atomic E-state index is 0. The van der Waals surface area contributed by atoms with Gasteiger partial charge in [0.2, 0.25) is 0 Å². The van der Waals surface area contributed by atoms with Crippen LogP contribution in [0.4, 0.5) is 0 Å². The number of hydrogen-bond donors (Lipinski definition) is 0. The van der Waals surface area contributed by atoms with Crippen molar-refractivity contribution in [2.24, 2.45) is 0 Å². The van der Waals surface area contributed by atoms with Gasteiger partial charge in [0.25, 0.3) is 0 Å². The molecule has 7 heavy (non-hydrogen) atoms. The molecule has 7 heteroatoms. The molecular formula is H8CaO6-2. The van der Waals surface area contributed by atoms with Crippen LogP contribution in [-0.4, -0.2) is 70.6 Å². The Morgan fingerprint density at radius 3 is 0.429 bits per heavy atom. The van der Waals surface area contributed by atoms with Gasteiger partial charge in [0.05, 0.1) is 0 Å². The Balaban J connectivity index is 0. The van der Waals surface area contributed by atoms with E-state index < -0.39 is 0 Å². The van der Waals surface area contributed by atoms with Crippen molar-refractivity contribution < 1.29 is 32.9 Å². The Hall–Kier alpha value is 1.02. The van der Waals surface area contributed by atoms with E-state index in [9.17, 15) is 0 Å². The van der Waals surface area contributed by atoms with E-state index in [0.717, 1.165) is 0 Å². The van der Waals surface area contributed by atoms with Gasteiger partial charge in [-0.2, -0.15) is 0 Å². The molecule has 8 N–H and O–H groups in total. The first-order valence-corrected chi connectivity index (χ1v) is 0. The van der Waals surface area contributed by atoms with Crippen LogP contribution in [0.5, 0.6) is 0 Å². The summed E-state index contributed by atoms with van der Waals surface area (Å²) in [6, 6.07) is 0. The first kappa shape index (κ1) is 380. The Labute approximate surface area is 70.4 Å². The van der Waals surface area contributed by atoms with Crippen LogP contribution >= 0.6 is 0 Å². The first-order chi connectivity index (χ1) is 0. The third-order valence-electron chi connectivity index (χ3n) is 0. The van der Waals surface area contributed by atoms with E-state index in [2.05, 4.69) is 0 Å². The van der Waals surface area contributed by atoms with Crippen molar-refractivity contribution in [2.45, 2.75) is 0 Å². The summed E-state index contributed by atoms with van der Waals surface area (Å²) in [5.74, 6) is 0. The van der Waals surface area contributed by atoms with E-state index in [1.165, 1.54) is 0 Å². The molecule has 0 aliphatic rings. The van der Waals surface area contributed by atoms with Crippen molar-refractivity contribution in [3.63, 3.8) is 0 Å². The minimum atomic E-state index is 0. The molecule has 0 bridgehead atoms. The predicted octanol–water partition coefficient (Wildman–Crippen LogP) is -2.74. The summed E-state index contributed by atoms with van der Waals surface area (Å²) in [7, 11) is 0. The molecule has 0 atom stereocenters. The maximum absolute atomic E-state index is 0. The summed E-state index contributed by atoms with van der Waals surface area (Å²) in [6.07, 6.45) is 0. The number of rotatable bonds is 0. The molecule has 0 aromatic carbocycles. The van der Waals surface area contributed by atoms with Gasteiger partial charge in [0.1, 0.15) is 0 Å². The molecule has 0 aromatic rings. The van der Waals surface area contributed by atoms with Gasteiger partial charge in [-0.1, -0.05) is 0 Å². The topological polar surface area (TPSA) is 183 Å². The van der Waals surface area contributed by atoms with Crippen LogP contribution in [0.1, 0.15) is 0 Å². The summed E-state index contributed by atoms with van der Waals surface area (Å²) in [5, 5.41) is 0. The normalized spacial score (nSPS) is 0. The van der Waals surface area contributed by atoms with Gasteiger partial charge < -0.3 is 32.9 Å². The van der Waals surface area contributed by atoms with Gasteiger partial charge >= 0.3 is 37.7 Å². The molecule has 0 aromatic heterocycles. The van der Waals surface area contributed by atoms with E-state index in [4.69, 9.17) is 0 Å². The third kappa shape index (κ3) is 170. The molecule has 6 nitrogen and oxygen atoms in total. The zero-order chi connectivity index (χ0) is 0. The summed E-state index contributed by atoms with van der Waals surface area (Å²) in [5.41, 5.74) is 0. The van der Waals surface area contributed by atoms with Gasteiger partial charge in [-0.25, -0.2) is 0 Å². The van der Waals surface area contributed by atoms with Crippen LogP contribution in [0.2, 0.25) is 0 Å².